The van der Waals surface area contributed by atoms with Crippen LogP contribution in [0.1, 0.15) is 27.2 Å². The number of nitrogens with one attached hydrogen (secondary N) is 1. The molecule has 0 saturated carbocycles. The summed E-state index contributed by atoms with van der Waals surface area (Å²) in [5.74, 6) is -0.0770. The van der Waals surface area contributed by atoms with Gasteiger partial charge in [0.1, 0.15) is 0 Å². The van der Waals surface area contributed by atoms with E-state index in [0.29, 0.717) is 0 Å². The van der Waals surface area contributed by atoms with Crippen LogP contribution in [-0.4, -0.2) is 19.0 Å². The fourth-order valence-electron chi connectivity index (χ4n) is 0.337. The molecular formula is C7H18N2O. The fourth-order valence-corrected chi connectivity index (χ4v) is 0.337. The van der Waals surface area contributed by atoms with E-state index in [2.05, 4.69) is 5.32 Å². The van der Waals surface area contributed by atoms with Crippen molar-refractivity contribution in [1.82, 2.24) is 5.32 Å². The van der Waals surface area contributed by atoms with Crippen molar-refractivity contribution in [3.8, 4) is 0 Å². The number of hydrogen-bond acceptors (Lipinski definition) is 2. The van der Waals surface area contributed by atoms with Crippen LogP contribution in [-0.2, 0) is 4.79 Å². The highest BCUT2D eigenvalue weighted by Gasteiger charge is 1.90. The standard InChI is InChI=1S/C5H12N2O.C2H6/c1-2-3-7-5(8)4-6;1-2/h2-4,6H2,1H3,(H,7,8);1-2H3. The Bertz CT molecular complexity index is 74.0. The summed E-state index contributed by atoms with van der Waals surface area (Å²) in [6.07, 6.45) is 0.964. The van der Waals surface area contributed by atoms with Crippen molar-refractivity contribution in [2.75, 3.05) is 13.1 Å². The molecule has 3 heteroatoms. The first-order valence-corrected chi connectivity index (χ1v) is 3.78. The molecule has 0 spiro atoms. The maximum Gasteiger partial charge on any atom is 0.233 e. The van der Waals surface area contributed by atoms with E-state index in [0.717, 1.165) is 13.0 Å². The highest BCUT2D eigenvalue weighted by molar-refractivity contribution is 5.77. The van der Waals surface area contributed by atoms with Gasteiger partial charge in [-0.05, 0) is 6.42 Å². The second-order valence-electron chi connectivity index (χ2n) is 1.55. The highest BCUT2D eigenvalue weighted by atomic mass is 16.1. The molecule has 0 unspecified atom stereocenters. The maximum atomic E-state index is 10.3. The molecule has 0 aliphatic carbocycles. The van der Waals surface area contributed by atoms with Crippen LogP contribution < -0.4 is 11.1 Å². The number of carbonyl (C=O) groups excluding carboxylic acids is 1. The molecule has 0 saturated heterocycles. The van der Waals surface area contributed by atoms with Gasteiger partial charge in [-0.2, -0.15) is 0 Å². The summed E-state index contributed by atoms with van der Waals surface area (Å²) >= 11 is 0. The number of carbonyl (C=O) groups is 1. The van der Waals surface area contributed by atoms with Gasteiger partial charge in [0.05, 0.1) is 6.54 Å². The molecule has 3 nitrogen and oxygen atoms in total. The first-order valence-electron chi connectivity index (χ1n) is 3.78. The van der Waals surface area contributed by atoms with Gasteiger partial charge in [-0.15, -0.1) is 0 Å². The lowest BCUT2D eigenvalue weighted by Crippen LogP contribution is -2.30. The first kappa shape index (κ1) is 12.1. The zero-order valence-electron chi connectivity index (χ0n) is 7.11. The summed E-state index contributed by atoms with van der Waals surface area (Å²) in [5.41, 5.74) is 5.00. The second-order valence-corrected chi connectivity index (χ2v) is 1.55. The van der Waals surface area contributed by atoms with E-state index in [1.807, 2.05) is 20.8 Å². The lowest BCUT2D eigenvalue weighted by atomic mass is 10.5. The van der Waals surface area contributed by atoms with Crippen LogP contribution in [0.5, 0.6) is 0 Å². The minimum Gasteiger partial charge on any atom is -0.355 e. The molecule has 0 aliphatic rings. The average Bonchev–Trinajstić information content (AvgIpc) is 2.04. The molecule has 0 bridgehead atoms. The molecule has 62 valence electrons. The molecule has 0 heterocycles. The lowest BCUT2D eigenvalue weighted by molar-refractivity contribution is -0.119. The molecule has 3 N–H and O–H groups in total. The predicted octanol–water partition coefficient (Wildman–Crippen LogP) is 0.497. The Balaban J connectivity index is 0. The van der Waals surface area contributed by atoms with Gasteiger partial charge in [0.15, 0.2) is 0 Å². The van der Waals surface area contributed by atoms with Crippen molar-refractivity contribution in [2.45, 2.75) is 27.2 Å². The second kappa shape index (κ2) is 11.3. The van der Waals surface area contributed by atoms with Gasteiger partial charge in [-0.25, -0.2) is 0 Å². The Morgan fingerprint density at radius 2 is 2.00 bits per heavy atom. The predicted molar refractivity (Wildman–Crippen MR) is 43.7 cm³/mol. The molecule has 10 heavy (non-hydrogen) atoms. The van der Waals surface area contributed by atoms with Gasteiger partial charge in [0.25, 0.3) is 0 Å². The van der Waals surface area contributed by atoms with Crippen molar-refractivity contribution in [2.24, 2.45) is 5.73 Å². The fraction of sp³-hybridized carbons (Fsp3) is 0.857. The summed E-state index contributed by atoms with van der Waals surface area (Å²) in [5, 5.41) is 2.62. The minimum atomic E-state index is -0.0770. The first-order chi connectivity index (χ1) is 4.81. The van der Waals surface area contributed by atoms with Crippen molar-refractivity contribution >= 4 is 5.91 Å². The topological polar surface area (TPSA) is 55.1 Å². The van der Waals surface area contributed by atoms with Crippen molar-refractivity contribution in [1.29, 1.82) is 0 Å². The van der Waals surface area contributed by atoms with Crippen LogP contribution in [0.3, 0.4) is 0 Å². The smallest absolute Gasteiger partial charge is 0.233 e. The van der Waals surface area contributed by atoms with Gasteiger partial charge < -0.3 is 11.1 Å². The Morgan fingerprint density at radius 1 is 1.50 bits per heavy atom. The maximum absolute atomic E-state index is 10.3. The van der Waals surface area contributed by atoms with Crippen LogP contribution in [0.2, 0.25) is 0 Å². The van der Waals surface area contributed by atoms with Crippen molar-refractivity contribution < 1.29 is 4.79 Å². The summed E-state index contributed by atoms with van der Waals surface area (Å²) in [4.78, 5) is 10.3. The lowest BCUT2D eigenvalue weighted by Gasteiger charge is -1.97. The van der Waals surface area contributed by atoms with E-state index in [-0.39, 0.29) is 12.5 Å². The molecule has 0 atom stereocenters. The Hall–Kier alpha value is -0.570. The normalized spacial score (nSPS) is 7.60. The third-order valence-corrected chi connectivity index (χ3v) is 0.758. The van der Waals surface area contributed by atoms with Crippen LogP contribution in [0.4, 0.5) is 0 Å². The van der Waals surface area contributed by atoms with E-state index in [4.69, 9.17) is 5.73 Å². The number of amides is 1. The average molecular weight is 146 g/mol. The van der Waals surface area contributed by atoms with Crippen LogP contribution in [0, 0.1) is 0 Å². The molecule has 0 rings (SSSR count). The molecule has 0 radical (unpaired) electrons. The van der Waals surface area contributed by atoms with Gasteiger partial charge in [-0.1, -0.05) is 20.8 Å². The van der Waals surface area contributed by atoms with Gasteiger partial charge in [-0.3, -0.25) is 4.79 Å². The van der Waals surface area contributed by atoms with Crippen molar-refractivity contribution in [3.05, 3.63) is 0 Å². The van der Waals surface area contributed by atoms with Crippen LogP contribution in [0.15, 0.2) is 0 Å². The number of nitrogens with two attached hydrogens (primary N) is 1. The summed E-state index contributed by atoms with van der Waals surface area (Å²) in [6.45, 7) is 6.83. The van der Waals surface area contributed by atoms with E-state index in [9.17, 15) is 4.79 Å². The van der Waals surface area contributed by atoms with Crippen LogP contribution >= 0.6 is 0 Å². The minimum absolute atomic E-state index is 0.0770. The summed E-state index contributed by atoms with van der Waals surface area (Å²) in [6, 6.07) is 0. The SMILES string of the molecule is CC.CCCNC(=O)CN. The van der Waals surface area contributed by atoms with E-state index in [1.165, 1.54) is 0 Å². The Morgan fingerprint density at radius 3 is 2.30 bits per heavy atom. The van der Waals surface area contributed by atoms with Crippen LogP contribution in [0.25, 0.3) is 0 Å². The van der Waals surface area contributed by atoms with Gasteiger partial charge >= 0.3 is 0 Å². The van der Waals surface area contributed by atoms with E-state index < -0.39 is 0 Å². The van der Waals surface area contributed by atoms with Crippen molar-refractivity contribution in [3.63, 3.8) is 0 Å². The third-order valence-electron chi connectivity index (χ3n) is 0.758. The molecule has 0 aromatic heterocycles. The highest BCUT2D eigenvalue weighted by Crippen LogP contribution is 1.67. The molecule has 0 aromatic rings. The van der Waals surface area contributed by atoms with E-state index in [1.54, 1.807) is 0 Å². The number of hydrogen-bond donors (Lipinski definition) is 2. The zero-order valence-corrected chi connectivity index (χ0v) is 7.11. The Kier molecular flexibility index (Phi) is 13.7. The zero-order chi connectivity index (χ0) is 8.41. The quantitative estimate of drug-likeness (QED) is 0.609. The third kappa shape index (κ3) is 10.4. The molecule has 0 aliphatic heterocycles. The summed E-state index contributed by atoms with van der Waals surface area (Å²) in [7, 11) is 0. The Labute approximate surface area is 63.0 Å². The van der Waals surface area contributed by atoms with E-state index >= 15 is 0 Å². The number of rotatable bonds is 3. The molecule has 0 fully saturated rings. The molecular weight excluding hydrogens is 128 g/mol. The molecule has 0 aromatic carbocycles. The largest absolute Gasteiger partial charge is 0.355 e. The van der Waals surface area contributed by atoms with Gasteiger partial charge in [0.2, 0.25) is 5.91 Å². The van der Waals surface area contributed by atoms with Gasteiger partial charge in [0, 0.05) is 6.54 Å². The molecule has 1 amide bonds. The monoisotopic (exact) mass is 146 g/mol. The summed E-state index contributed by atoms with van der Waals surface area (Å²) < 4.78 is 0.